The molecule has 0 radical (unpaired) electrons. The molecule has 0 aliphatic carbocycles. The Labute approximate surface area is 84.6 Å². The molecule has 8 heteroatoms. The highest BCUT2D eigenvalue weighted by Crippen LogP contribution is 1.75. The van der Waals surface area contributed by atoms with E-state index in [1.807, 2.05) is 7.05 Å². The molecular weight excluding hydrogens is 214 g/mol. The van der Waals surface area contributed by atoms with Gasteiger partial charge in [-0.15, -0.1) is 0 Å². The zero-order valence-electron chi connectivity index (χ0n) is 8.60. The lowest BCUT2D eigenvalue weighted by Gasteiger charge is -2.09. The first-order chi connectivity index (χ1) is 5.87. The quantitative estimate of drug-likeness (QED) is 0.573. The van der Waals surface area contributed by atoms with Crippen molar-refractivity contribution in [2.45, 2.75) is 6.92 Å². The summed E-state index contributed by atoms with van der Waals surface area (Å²) in [5.41, 5.74) is 0. The number of hydrogen-bond donors (Lipinski definition) is 2. The number of nitrogens with zero attached hydrogens (tertiary/aromatic N) is 1. The van der Waals surface area contributed by atoms with E-state index in [-0.39, 0.29) is 12.1 Å². The maximum absolute atomic E-state index is 9.33. The molecule has 4 N–H and O–H groups in total. The lowest BCUT2D eigenvalue weighted by Crippen LogP contribution is -2.20. The minimum Gasteiger partial charge on any atom is -0.412 e. The molecular formula is C6H19NO6S. The summed E-state index contributed by atoms with van der Waals surface area (Å²) in [5.74, 6) is 0. The standard InChI is InChI=1S/C5H13NO.CH4O4S.H2O/c1-3-6(2)4-5-7;1-5-6(2,3)4;/h7H,3-5H2,1-2H3;1H3,(H,2,3,4);1H2. The SMILES string of the molecule is CCN(C)CCO.COS(=O)(=O)O.O. The molecule has 0 amide bonds. The van der Waals surface area contributed by atoms with E-state index in [2.05, 4.69) is 16.0 Å². The molecule has 0 aliphatic rings. The molecule has 0 saturated carbocycles. The molecule has 0 fully saturated rings. The topological polar surface area (TPSA) is 119 Å². The van der Waals surface area contributed by atoms with Crippen LogP contribution in [0.25, 0.3) is 0 Å². The molecule has 0 heterocycles. The molecule has 0 aromatic heterocycles. The zero-order chi connectivity index (χ0) is 10.9. The molecule has 0 atom stereocenters. The summed E-state index contributed by atoms with van der Waals surface area (Å²) in [5, 5.41) is 8.33. The van der Waals surface area contributed by atoms with Crippen molar-refractivity contribution in [2.75, 3.05) is 33.9 Å². The van der Waals surface area contributed by atoms with Crippen LogP contribution in [0, 0.1) is 0 Å². The van der Waals surface area contributed by atoms with Gasteiger partial charge in [0.25, 0.3) is 0 Å². The number of aliphatic hydroxyl groups is 1. The van der Waals surface area contributed by atoms with E-state index < -0.39 is 10.4 Å². The lowest BCUT2D eigenvalue weighted by molar-refractivity contribution is 0.227. The summed E-state index contributed by atoms with van der Waals surface area (Å²) in [4.78, 5) is 2.06. The van der Waals surface area contributed by atoms with Crippen molar-refractivity contribution in [3.05, 3.63) is 0 Å². The highest BCUT2D eigenvalue weighted by Gasteiger charge is 1.94. The Hall–Kier alpha value is -0.250. The third-order valence-electron chi connectivity index (χ3n) is 1.23. The van der Waals surface area contributed by atoms with Crippen molar-refractivity contribution in [3.63, 3.8) is 0 Å². The Bertz CT molecular complexity index is 192. The van der Waals surface area contributed by atoms with Gasteiger partial charge < -0.3 is 15.5 Å². The number of likely N-dealkylation sites (N-methyl/N-ethyl adjacent to an activating group) is 1. The third kappa shape index (κ3) is 22.6. The van der Waals surface area contributed by atoms with Gasteiger partial charge in [-0.2, -0.15) is 8.42 Å². The van der Waals surface area contributed by atoms with Gasteiger partial charge in [0.2, 0.25) is 0 Å². The van der Waals surface area contributed by atoms with Gasteiger partial charge >= 0.3 is 10.4 Å². The molecule has 0 rings (SSSR count). The highest BCUT2D eigenvalue weighted by atomic mass is 32.3. The predicted molar refractivity (Wildman–Crippen MR) is 52.4 cm³/mol. The maximum Gasteiger partial charge on any atom is 0.397 e. The number of rotatable bonds is 4. The Morgan fingerprint density at radius 3 is 1.86 bits per heavy atom. The van der Waals surface area contributed by atoms with Crippen LogP contribution < -0.4 is 0 Å². The second-order valence-electron chi connectivity index (χ2n) is 2.21. The molecule has 0 spiro atoms. The van der Waals surface area contributed by atoms with Crippen molar-refractivity contribution < 1.29 is 27.7 Å². The normalized spacial score (nSPS) is 10.1. The molecule has 0 unspecified atom stereocenters. The lowest BCUT2D eigenvalue weighted by atomic mass is 10.6. The summed E-state index contributed by atoms with van der Waals surface area (Å²) in [7, 11) is -1.31. The average molecular weight is 233 g/mol. The summed E-state index contributed by atoms with van der Waals surface area (Å²) < 4.78 is 29.7. The second kappa shape index (κ2) is 10.8. The van der Waals surface area contributed by atoms with Crippen LogP contribution in [0.1, 0.15) is 6.92 Å². The molecule has 0 saturated heterocycles. The van der Waals surface area contributed by atoms with Crippen LogP contribution in [-0.4, -0.2) is 62.3 Å². The fraction of sp³-hybridized carbons (Fsp3) is 1.00. The van der Waals surface area contributed by atoms with Gasteiger partial charge in [0.1, 0.15) is 0 Å². The fourth-order valence-electron chi connectivity index (χ4n) is 0.329. The molecule has 0 aromatic rings. The highest BCUT2D eigenvalue weighted by molar-refractivity contribution is 7.80. The Morgan fingerprint density at radius 1 is 1.43 bits per heavy atom. The number of aliphatic hydroxyl groups excluding tert-OH is 1. The largest absolute Gasteiger partial charge is 0.412 e. The first kappa shape index (κ1) is 19.3. The van der Waals surface area contributed by atoms with E-state index in [0.717, 1.165) is 20.2 Å². The van der Waals surface area contributed by atoms with E-state index in [1.165, 1.54) is 0 Å². The van der Waals surface area contributed by atoms with Gasteiger partial charge in [0.15, 0.2) is 0 Å². The van der Waals surface area contributed by atoms with Gasteiger partial charge in [0.05, 0.1) is 13.7 Å². The van der Waals surface area contributed by atoms with Crippen molar-refractivity contribution >= 4 is 10.4 Å². The monoisotopic (exact) mass is 233 g/mol. The van der Waals surface area contributed by atoms with E-state index in [1.54, 1.807) is 0 Å². The summed E-state index contributed by atoms with van der Waals surface area (Å²) in [6, 6.07) is 0. The molecule has 90 valence electrons. The summed E-state index contributed by atoms with van der Waals surface area (Å²) in [6.45, 7) is 4.14. The van der Waals surface area contributed by atoms with Crippen molar-refractivity contribution in [1.82, 2.24) is 4.90 Å². The predicted octanol–water partition coefficient (Wildman–Crippen LogP) is -1.46. The van der Waals surface area contributed by atoms with E-state index in [0.29, 0.717) is 0 Å². The van der Waals surface area contributed by atoms with Crippen LogP contribution >= 0.6 is 0 Å². The van der Waals surface area contributed by atoms with Crippen LogP contribution in [0.3, 0.4) is 0 Å². The first-order valence-electron chi connectivity index (χ1n) is 3.69. The molecule has 14 heavy (non-hydrogen) atoms. The Balaban J connectivity index is -0.000000163. The third-order valence-corrected chi connectivity index (χ3v) is 1.65. The Kier molecular flexibility index (Phi) is 15.0. The van der Waals surface area contributed by atoms with Crippen LogP contribution in [0.5, 0.6) is 0 Å². The van der Waals surface area contributed by atoms with Crippen molar-refractivity contribution in [2.24, 2.45) is 0 Å². The zero-order valence-corrected chi connectivity index (χ0v) is 9.41. The van der Waals surface area contributed by atoms with Crippen LogP contribution in [0.15, 0.2) is 0 Å². The van der Waals surface area contributed by atoms with E-state index in [4.69, 9.17) is 9.66 Å². The smallest absolute Gasteiger partial charge is 0.397 e. The fourth-order valence-corrected chi connectivity index (χ4v) is 0.329. The molecule has 0 aromatic carbocycles. The van der Waals surface area contributed by atoms with Gasteiger partial charge in [-0.05, 0) is 13.6 Å². The van der Waals surface area contributed by atoms with E-state index >= 15 is 0 Å². The molecule has 7 nitrogen and oxygen atoms in total. The summed E-state index contributed by atoms with van der Waals surface area (Å²) >= 11 is 0. The minimum absolute atomic E-state index is 0. The second-order valence-corrected chi connectivity index (χ2v) is 3.40. The Morgan fingerprint density at radius 2 is 1.79 bits per heavy atom. The molecule has 0 aliphatic heterocycles. The van der Waals surface area contributed by atoms with Crippen LogP contribution in [0.2, 0.25) is 0 Å². The van der Waals surface area contributed by atoms with Crippen molar-refractivity contribution in [3.8, 4) is 0 Å². The van der Waals surface area contributed by atoms with Gasteiger partial charge in [-0.1, -0.05) is 6.92 Å². The van der Waals surface area contributed by atoms with Crippen LogP contribution in [-0.2, 0) is 14.6 Å². The van der Waals surface area contributed by atoms with Gasteiger partial charge in [-0.3, -0.25) is 8.74 Å². The van der Waals surface area contributed by atoms with Gasteiger partial charge in [0, 0.05) is 6.54 Å². The van der Waals surface area contributed by atoms with E-state index in [9.17, 15) is 8.42 Å². The van der Waals surface area contributed by atoms with Crippen LogP contribution in [0.4, 0.5) is 0 Å². The average Bonchev–Trinajstić information content (AvgIpc) is 2.05. The first-order valence-corrected chi connectivity index (χ1v) is 5.06. The minimum atomic E-state index is -4.16. The maximum atomic E-state index is 9.33. The summed E-state index contributed by atoms with van der Waals surface area (Å²) in [6.07, 6.45) is 0. The molecule has 0 bridgehead atoms. The van der Waals surface area contributed by atoms with Crippen molar-refractivity contribution in [1.29, 1.82) is 0 Å². The number of hydrogen-bond acceptors (Lipinski definition) is 5. The van der Waals surface area contributed by atoms with Gasteiger partial charge in [-0.25, -0.2) is 0 Å².